The molecule has 2 atom stereocenters. The van der Waals surface area contributed by atoms with Gasteiger partial charge in [-0.1, -0.05) is 82.1 Å². The zero-order valence-electron chi connectivity index (χ0n) is 14.8. The second-order valence-corrected chi connectivity index (χ2v) is 10.3. The van der Waals surface area contributed by atoms with Crippen LogP contribution in [0.5, 0.6) is 0 Å². The van der Waals surface area contributed by atoms with Crippen molar-refractivity contribution in [2.24, 2.45) is 0 Å². The third kappa shape index (κ3) is 5.37. The average molecular weight is 286 g/mol. The summed E-state index contributed by atoms with van der Waals surface area (Å²) in [6.45, 7) is 17.2. The van der Waals surface area contributed by atoms with E-state index in [4.69, 9.17) is 0 Å². The Labute approximate surface area is 124 Å². The first-order valence-electron chi connectivity index (χ1n) is 8.71. The quantitative estimate of drug-likeness (QED) is 0.352. The fraction of sp³-hybridized carbons (Fsp3) is 1.00. The van der Waals surface area contributed by atoms with Crippen LogP contribution in [0, 0.1) is 0 Å². The molecule has 0 heterocycles. The molecule has 0 N–H and O–H groups in total. The molecule has 0 rings (SSSR count). The van der Waals surface area contributed by atoms with E-state index in [1.54, 1.807) is 0 Å². The minimum Gasteiger partial charge on any atom is -0.0948 e. The molecular weight excluding hydrogens is 247 g/mol. The minimum absolute atomic E-state index is 0.127. The summed E-state index contributed by atoms with van der Waals surface area (Å²) in [4.78, 5) is 0. The van der Waals surface area contributed by atoms with E-state index in [9.17, 15) is 0 Å². The van der Waals surface area contributed by atoms with Crippen molar-refractivity contribution in [2.45, 2.75) is 110 Å². The van der Waals surface area contributed by atoms with Crippen molar-refractivity contribution in [3.63, 3.8) is 0 Å². The van der Waals surface area contributed by atoms with Crippen LogP contribution in [0.3, 0.4) is 0 Å². The normalized spacial score (nSPS) is 19.7. The highest BCUT2D eigenvalue weighted by molar-refractivity contribution is 7.60. The van der Waals surface area contributed by atoms with Crippen LogP contribution < -0.4 is 0 Å². The highest BCUT2D eigenvalue weighted by Crippen LogP contribution is 2.65. The van der Waals surface area contributed by atoms with Crippen molar-refractivity contribution in [2.75, 3.05) is 6.16 Å². The molecule has 116 valence electrons. The van der Waals surface area contributed by atoms with Gasteiger partial charge >= 0.3 is 0 Å². The van der Waals surface area contributed by atoms with Gasteiger partial charge in [0.2, 0.25) is 0 Å². The van der Waals surface area contributed by atoms with Gasteiger partial charge in [-0.3, -0.25) is 0 Å². The number of unbranched alkanes of at least 4 members (excludes halogenated alkanes) is 2. The molecule has 0 aromatic carbocycles. The SMILES string of the molecule is CCCCC(C)(CC)P(CC)C(C)(CC)CCCC. The summed E-state index contributed by atoms with van der Waals surface area (Å²) < 4.78 is 0. The third-order valence-corrected chi connectivity index (χ3v) is 9.60. The Morgan fingerprint density at radius 2 is 1.05 bits per heavy atom. The Morgan fingerprint density at radius 1 is 0.684 bits per heavy atom. The van der Waals surface area contributed by atoms with Gasteiger partial charge < -0.3 is 0 Å². The lowest BCUT2D eigenvalue weighted by atomic mass is 9.99. The second kappa shape index (κ2) is 9.38. The molecule has 0 aromatic heterocycles. The molecule has 19 heavy (non-hydrogen) atoms. The Balaban J connectivity index is 5.08. The molecule has 0 bridgehead atoms. The zero-order chi connectivity index (χ0) is 14.9. The molecule has 0 aliphatic heterocycles. The lowest BCUT2D eigenvalue weighted by molar-refractivity contribution is 0.477. The van der Waals surface area contributed by atoms with Crippen LogP contribution in [0.2, 0.25) is 0 Å². The molecule has 0 aliphatic carbocycles. The molecule has 0 nitrogen and oxygen atoms in total. The van der Waals surface area contributed by atoms with Gasteiger partial charge in [0.05, 0.1) is 0 Å². The van der Waals surface area contributed by atoms with E-state index in [-0.39, 0.29) is 7.92 Å². The van der Waals surface area contributed by atoms with Gasteiger partial charge in [0.25, 0.3) is 0 Å². The Morgan fingerprint density at radius 3 is 1.26 bits per heavy atom. The van der Waals surface area contributed by atoms with Crippen LogP contribution in [-0.4, -0.2) is 16.5 Å². The first-order chi connectivity index (χ1) is 8.94. The van der Waals surface area contributed by atoms with Crippen molar-refractivity contribution in [3.8, 4) is 0 Å². The van der Waals surface area contributed by atoms with Crippen molar-refractivity contribution >= 4 is 7.92 Å². The average Bonchev–Trinajstić information content (AvgIpc) is 2.43. The van der Waals surface area contributed by atoms with Gasteiger partial charge in [0.1, 0.15) is 0 Å². The van der Waals surface area contributed by atoms with Crippen molar-refractivity contribution < 1.29 is 0 Å². The van der Waals surface area contributed by atoms with Crippen LogP contribution >= 0.6 is 7.92 Å². The molecule has 0 spiro atoms. The van der Waals surface area contributed by atoms with Gasteiger partial charge in [-0.15, -0.1) is 0 Å². The Kier molecular flexibility index (Phi) is 9.59. The lowest BCUT2D eigenvalue weighted by Crippen LogP contribution is -2.34. The van der Waals surface area contributed by atoms with Gasteiger partial charge in [0, 0.05) is 0 Å². The highest BCUT2D eigenvalue weighted by atomic mass is 31.1. The van der Waals surface area contributed by atoms with E-state index in [0.717, 1.165) is 0 Å². The van der Waals surface area contributed by atoms with E-state index in [0.29, 0.717) is 10.3 Å². The van der Waals surface area contributed by atoms with Crippen LogP contribution in [0.25, 0.3) is 0 Å². The molecule has 0 saturated heterocycles. The van der Waals surface area contributed by atoms with Gasteiger partial charge in [-0.05, 0) is 42.2 Å². The number of hydrogen-bond donors (Lipinski definition) is 0. The van der Waals surface area contributed by atoms with Gasteiger partial charge in [-0.2, -0.15) is 0 Å². The summed E-state index contributed by atoms with van der Waals surface area (Å²) in [7, 11) is 0.127. The topological polar surface area (TPSA) is 0 Å². The second-order valence-electron chi connectivity index (χ2n) is 6.65. The molecule has 0 aliphatic rings. The van der Waals surface area contributed by atoms with E-state index in [1.807, 2.05) is 0 Å². The molecule has 0 radical (unpaired) electrons. The Hall–Kier alpha value is 0.430. The fourth-order valence-corrected chi connectivity index (χ4v) is 7.99. The maximum Gasteiger partial charge on any atom is -0.0121 e. The maximum absolute atomic E-state index is 2.59. The van der Waals surface area contributed by atoms with Crippen molar-refractivity contribution in [3.05, 3.63) is 0 Å². The van der Waals surface area contributed by atoms with Gasteiger partial charge in [0.15, 0.2) is 0 Å². The smallest absolute Gasteiger partial charge is 0.0121 e. The summed E-state index contributed by atoms with van der Waals surface area (Å²) in [5.41, 5.74) is 0. The Bertz CT molecular complexity index is 204. The van der Waals surface area contributed by atoms with Crippen molar-refractivity contribution in [1.82, 2.24) is 0 Å². The molecule has 0 saturated carbocycles. The first-order valence-corrected chi connectivity index (χ1v) is 10.2. The molecular formula is C18H39P. The predicted molar refractivity (Wildman–Crippen MR) is 93.9 cm³/mol. The van der Waals surface area contributed by atoms with Gasteiger partial charge in [-0.25, -0.2) is 0 Å². The maximum atomic E-state index is 2.59. The number of hydrogen-bond acceptors (Lipinski definition) is 0. The zero-order valence-corrected chi connectivity index (χ0v) is 15.7. The van der Waals surface area contributed by atoms with E-state index in [1.165, 1.54) is 57.5 Å². The first kappa shape index (κ1) is 19.4. The summed E-state index contributed by atoms with van der Waals surface area (Å²) in [5, 5.41) is 1.22. The monoisotopic (exact) mass is 286 g/mol. The molecule has 1 heteroatoms. The standard InChI is InChI=1S/C18H39P/c1-8-13-15-17(6,10-3)19(12-5)18(7,11-4)16-14-9-2/h8-16H2,1-7H3. The van der Waals surface area contributed by atoms with Crippen LogP contribution in [0.15, 0.2) is 0 Å². The largest absolute Gasteiger partial charge is 0.0948 e. The van der Waals surface area contributed by atoms with E-state index in [2.05, 4.69) is 48.5 Å². The molecule has 2 unspecified atom stereocenters. The number of rotatable bonds is 11. The highest BCUT2D eigenvalue weighted by Gasteiger charge is 2.41. The summed E-state index contributed by atoms with van der Waals surface area (Å²) >= 11 is 0. The summed E-state index contributed by atoms with van der Waals surface area (Å²) in [5.74, 6) is 0. The van der Waals surface area contributed by atoms with E-state index >= 15 is 0 Å². The van der Waals surface area contributed by atoms with E-state index < -0.39 is 0 Å². The molecule has 0 amide bonds. The summed E-state index contributed by atoms with van der Waals surface area (Å²) in [6.07, 6.45) is 12.6. The summed E-state index contributed by atoms with van der Waals surface area (Å²) in [6, 6.07) is 0. The predicted octanol–water partition coefficient (Wildman–Crippen LogP) is 7.21. The van der Waals surface area contributed by atoms with Crippen LogP contribution in [0.1, 0.15) is 99.8 Å². The molecule has 0 aromatic rings. The third-order valence-electron chi connectivity index (χ3n) is 5.28. The van der Waals surface area contributed by atoms with Crippen LogP contribution in [0.4, 0.5) is 0 Å². The fourth-order valence-electron chi connectivity index (χ4n) is 3.54. The minimum atomic E-state index is 0.127. The molecule has 0 fully saturated rings. The van der Waals surface area contributed by atoms with Crippen molar-refractivity contribution in [1.29, 1.82) is 0 Å². The lowest BCUT2D eigenvalue weighted by Gasteiger charge is -2.49. The van der Waals surface area contributed by atoms with Crippen LogP contribution in [-0.2, 0) is 0 Å².